The Morgan fingerprint density at radius 1 is 1.07 bits per heavy atom. The Morgan fingerprint density at radius 3 is 2.52 bits per heavy atom. The van der Waals surface area contributed by atoms with Crippen molar-refractivity contribution >= 4 is 0 Å². The van der Waals surface area contributed by atoms with Gasteiger partial charge in [0.1, 0.15) is 5.75 Å². The summed E-state index contributed by atoms with van der Waals surface area (Å²) in [4.78, 5) is 24.4. The average molecular weight is 390 g/mol. The van der Waals surface area contributed by atoms with E-state index in [-0.39, 0.29) is 17.4 Å². The van der Waals surface area contributed by atoms with E-state index >= 15 is 0 Å². The van der Waals surface area contributed by atoms with Crippen molar-refractivity contribution in [3.05, 3.63) is 87.9 Å². The Bertz CT molecular complexity index is 1010. The van der Waals surface area contributed by atoms with Crippen molar-refractivity contribution in [3.63, 3.8) is 0 Å². The van der Waals surface area contributed by atoms with Crippen molar-refractivity contribution < 1.29 is 5.11 Å². The topological polar surface area (TPSA) is 71.2 Å². The van der Waals surface area contributed by atoms with Crippen LogP contribution >= 0.6 is 0 Å². The molecule has 4 rings (SSSR count). The summed E-state index contributed by atoms with van der Waals surface area (Å²) in [5.41, 5.74) is 2.77. The van der Waals surface area contributed by atoms with Gasteiger partial charge in [0.2, 0.25) is 0 Å². The molecule has 1 aliphatic heterocycles. The molecule has 6 nitrogen and oxygen atoms in total. The largest absolute Gasteiger partial charge is 0.507 e. The van der Waals surface area contributed by atoms with Crippen molar-refractivity contribution in [2.45, 2.75) is 38.8 Å². The molecule has 1 fully saturated rings. The van der Waals surface area contributed by atoms with Crippen LogP contribution in [0.15, 0.2) is 59.8 Å². The first-order chi connectivity index (χ1) is 14.1. The highest BCUT2D eigenvalue weighted by Crippen LogP contribution is 2.34. The van der Waals surface area contributed by atoms with E-state index < -0.39 is 0 Å². The van der Waals surface area contributed by atoms with Crippen LogP contribution in [-0.2, 0) is 6.54 Å². The number of likely N-dealkylation sites (tertiary alicyclic amines) is 1. The van der Waals surface area contributed by atoms with Gasteiger partial charge in [0.25, 0.3) is 5.56 Å². The summed E-state index contributed by atoms with van der Waals surface area (Å²) in [6, 6.07) is 10.9. The smallest absolute Gasteiger partial charge is 0.260 e. The number of piperidine rings is 1. The quantitative estimate of drug-likeness (QED) is 0.724. The van der Waals surface area contributed by atoms with Crippen molar-refractivity contribution in [2.24, 2.45) is 0 Å². The standard InChI is InChI=1S/C23H26N4O2/c1-17-15-20(28)21(23(29)27(17)16-19-7-3-4-10-25-19)22(18-8-11-24-12-9-18)26-13-5-2-6-14-26/h3-4,7-12,15,22,28H,2,5-6,13-14,16H2,1H3/t22-/m1/s1. The van der Waals surface area contributed by atoms with Gasteiger partial charge in [-0.3, -0.25) is 19.7 Å². The Morgan fingerprint density at radius 2 is 1.83 bits per heavy atom. The number of hydrogen-bond donors (Lipinski definition) is 1. The number of aromatic nitrogens is 3. The Labute approximate surface area is 170 Å². The predicted octanol–water partition coefficient (Wildman–Crippen LogP) is 3.28. The zero-order chi connectivity index (χ0) is 20.2. The first-order valence-corrected chi connectivity index (χ1v) is 10.1. The molecule has 1 saturated heterocycles. The third-order valence-electron chi connectivity index (χ3n) is 5.62. The van der Waals surface area contributed by atoms with Crippen LogP contribution in [0.25, 0.3) is 0 Å². The minimum atomic E-state index is -0.290. The van der Waals surface area contributed by atoms with Gasteiger partial charge in [0.15, 0.2) is 0 Å². The number of pyridine rings is 3. The third kappa shape index (κ3) is 4.07. The molecule has 4 heterocycles. The maximum Gasteiger partial charge on any atom is 0.260 e. The fraction of sp³-hybridized carbons (Fsp3) is 0.348. The van der Waals surface area contributed by atoms with Gasteiger partial charge < -0.3 is 9.67 Å². The second-order valence-electron chi connectivity index (χ2n) is 7.58. The molecule has 150 valence electrons. The van der Waals surface area contributed by atoms with Crippen LogP contribution < -0.4 is 5.56 Å². The van der Waals surface area contributed by atoms with Gasteiger partial charge in [-0.15, -0.1) is 0 Å². The third-order valence-corrected chi connectivity index (χ3v) is 5.62. The molecule has 0 saturated carbocycles. The van der Waals surface area contributed by atoms with E-state index in [9.17, 15) is 9.90 Å². The molecule has 0 amide bonds. The van der Waals surface area contributed by atoms with Gasteiger partial charge in [0.05, 0.1) is 23.8 Å². The van der Waals surface area contributed by atoms with Crippen molar-refractivity contribution in [1.82, 2.24) is 19.4 Å². The molecular formula is C23H26N4O2. The molecule has 0 unspecified atom stereocenters. The van der Waals surface area contributed by atoms with Crippen molar-refractivity contribution in [2.75, 3.05) is 13.1 Å². The zero-order valence-corrected chi connectivity index (χ0v) is 16.7. The first kappa shape index (κ1) is 19.3. The van der Waals surface area contributed by atoms with E-state index in [1.165, 1.54) is 6.42 Å². The lowest BCUT2D eigenvalue weighted by Crippen LogP contribution is -2.39. The van der Waals surface area contributed by atoms with Gasteiger partial charge >= 0.3 is 0 Å². The van der Waals surface area contributed by atoms with Crippen molar-refractivity contribution in [3.8, 4) is 5.75 Å². The molecule has 0 aliphatic carbocycles. The molecule has 3 aromatic rings. The predicted molar refractivity (Wildman–Crippen MR) is 112 cm³/mol. The van der Waals surface area contributed by atoms with Crippen LogP contribution in [0.4, 0.5) is 0 Å². The maximum atomic E-state index is 13.6. The summed E-state index contributed by atoms with van der Waals surface area (Å²) in [6.07, 6.45) is 8.59. The van der Waals surface area contributed by atoms with Crippen LogP contribution in [0, 0.1) is 6.92 Å². The van der Waals surface area contributed by atoms with Crippen LogP contribution in [0.3, 0.4) is 0 Å². The molecule has 0 spiro atoms. The van der Waals surface area contributed by atoms with Gasteiger partial charge in [0, 0.05) is 24.3 Å². The molecule has 0 aromatic carbocycles. The summed E-state index contributed by atoms with van der Waals surface area (Å²) < 4.78 is 1.70. The minimum absolute atomic E-state index is 0.0529. The molecular weight excluding hydrogens is 364 g/mol. The minimum Gasteiger partial charge on any atom is -0.507 e. The van der Waals surface area contributed by atoms with E-state index in [4.69, 9.17) is 0 Å². The van der Waals surface area contributed by atoms with Crippen LogP contribution in [-0.4, -0.2) is 37.6 Å². The van der Waals surface area contributed by atoms with E-state index in [1.807, 2.05) is 37.3 Å². The molecule has 1 N–H and O–H groups in total. The maximum absolute atomic E-state index is 13.6. The van der Waals surface area contributed by atoms with Gasteiger partial charge in [-0.25, -0.2) is 0 Å². The molecule has 0 bridgehead atoms. The number of rotatable bonds is 5. The Kier molecular flexibility index (Phi) is 5.71. The molecule has 1 atom stereocenters. The number of aryl methyl sites for hydroxylation is 1. The molecule has 0 radical (unpaired) electrons. The van der Waals surface area contributed by atoms with Gasteiger partial charge in [-0.2, -0.15) is 0 Å². The summed E-state index contributed by atoms with van der Waals surface area (Å²) in [7, 11) is 0. The highest BCUT2D eigenvalue weighted by Gasteiger charge is 2.30. The van der Waals surface area contributed by atoms with E-state index in [0.717, 1.165) is 37.2 Å². The zero-order valence-electron chi connectivity index (χ0n) is 16.7. The number of nitrogens with zero attached hydrogens (tertiary/aromatic N) is 4. The number of hydrogen-bond acceptors (Lipinski definition) is 5. The highest BCUT2D eigenvalue weighted by atomic mass is 16.3. The second-order valence-corrected chi connectivity index (χ2v) is 7.58. The summed E-state index contributed by atoms with van der Waals surface area (Å²) in [5, 5.41) is 10.9. The van der Waals surface area contributed by atoms with E-state index in [1.54, 1.807) is 29.2 Å². The van der Waals surface area contributed by atoms with Crippen LogP contribution in [0.2, 0.25) is 0 Å². The fourth-order valence-corrected chi connectivity index (χ4v) is 4.16. The second kappa shape index (κ2) is 8.57. The summed E-state index contributed by atoms with van der Waals surface area (Å²) in [5.74, 6) is 0.0529. The SMILES string of the molecule is Cc1cc(O)c([C@@H](c2ccncc2)N2CCCCC2)c(=O)n1Cc1ccccn1. The first-order valence-electron chi connectivity index (χ1n) is 10.1. The van der Waals surface area contributed by atoms with E-state index in [0.29, 0.717) is 17.8 Å². The molecule has 3 aromatic heterocycles. The molecule has 1 aliphatic rings. The van der Waals surface area contributed by atoms with Gasteiger partial charge in [-0.1, -0.05) is 12.5 Å². The lowest BCUT2D eigenvalue weighted by atomic mass is 9.95. The summed E-state index contributed by atoms with van der Waals surface area (Å²) in [6.45, 7) is 4.03. The molecule has 6 heteroatoms. The lowest BCUT2D eigenvalue weighted by Gasteiger charge is -2.35. The normalized spacial score (nSPS) is 15.9. The van der Waals surface area contributed by atoms with E-state index in [2.05, 4.69) is 14.9 Å². The summed E-state index contributed by atoms with van der Waals surface area (Å²) >= 11 is 0. The molecule has 29 heavy (non-hydrogen) atoms. The monoisotopic (exact) mass is 390 g/mol. The highest BCUT2D eigenvalue weighted by molar-refractivity contribution is 5.40. The van der Waals surface area contributed by atoms with Crippen LogP contribution in [0.1, 0.15) is 47.8 Å². The van der Waals surface area contributed by atoms with Gasteiger partial charge in [-0.05, 0) is 68.8 Å². The number of aromatic hydroxyl groups is 1. The average Bonchev–Trinajstić information content (AvgIpc) is 2.76. The van der Waals surface area contributed by atoms with Crippen molar-refractivity contribution in [1.29, 1.82) is 0 Å². The Hall–Kier alpha value is -2.99. The lowest BCUT2D eigenvalue weighted by molar-refractivity contribution is 0.183. The Balaban J connectivity index is 1.84. The van der Waals surface area contributed by atoms with Crippen LogP contribution in [0.5, 0.6) is 5.75 Å². The fourth-order valence-electron chi connectivity index (χ4n) is 4.16.